The molecule has 3 nitrogen and oxygen atoms in total. The first kappa shape index (κ1) is 14.3. The fourth-order valence-electron chi connectivity index (χ4n) is 2.83. The number of aryl methyl sites for hydroxylation is 1. The van der Waals surface area contributed by atoms with Gasteiger partial charge in [0.05, 0.1) is 18.2 Å². The Balaban J connectivity index is 2.21. The molecule has 0 aromatic heterocycles. The van der Waals surface area contributed by atoms with Crippen molar-refractivity contribution in [1.29, 1.82) is 0 Å². The number of hydrogen-bond acceptors (Lipinski definition) is 2. The number of carbonyl (C=O) groups is 1. The summed E-state index contributed by atoms with van der Waals surface area (Å²) in [6, 6.07) is 9.68. The van der Waals surface area contributed by atoms with E-state index in [0.717, 1.165) is 24.0 Å². The van der Waals surface area contributed by atoms with E-state index in [1.807, 2.05) is 6.08 Å². The van der Waals surface area contributed by atoms with E-state index in [1.165, 1.54) is 13.2 Å². The highest BCUT2D eigenvalue weighted by molar-refractivity contribution is 5.92. The number of halogens is 1. The lowest BCUT2D eigenvalue weighted by atomic mass is 9.85. The number of allylic oxidation sites excluding steroid dienone is 1. The van der Waals surface area contributed by atoms with Crippen LogP contribution in [-0.2, 0) is 6.42 Å². The van der Waals surface area contributed by atoms with Crippen molar-refractivity contribution in [1.82, 2.24) is 0 Å². The van der Waals surface area contributed by atoms with Gasteiger partial charge in [0.25, 0.3) is 0 Å². The molecule has 112 valence electrons. The molecule has 0 spiro atoms. The van der Waals surface area contributed by atoms with E-state index < -0.39 is 5.97 Å². The van der Waals surface area contributed by atoms with Crippen LogP contribution in [0.5, 0.6) is 5.75 Å². The summed E-state index contributed by atoms with van der Waals surface area (Å²) in [6.07, 6.45) is 3.54. The minimum atomic E-state index is -0.992. The first-order chi connectivity index (χ1) is 10.6. The van der Waals surface area contributed by atoms with Crippen LogP contribution >= 0.6 is 0 Å². The van der Waals surface area contributed by atoms with Crippen LogP contribution in [0.25, 0.3) is 5.57 Å². The molecule has 0 unspecified atom stereocenters. The number of benzene rings is 2. The van der Waals surface area contributed by atoms with Crippen LogP contribution in [0.1, 0.15) is 33.5 Å². The van der Waals surface area contributed by atoms with Crippen LogP contribution in [-0.4, -0.2) is 18.2 Å². The maximum atomic E-state index is 14.3. The Kier molecular flexibility index (Phi) is 3.67. The van der Waals surface area contributed by atoms with Gasteiger partial charge in [-0.25, -0.2) is 9.18 Å². The van der Waals surface area contributed by atoms with Gasteiger partial charge in [-0.05, 0) is 53.8 Å². The number of fused-ring (bicyclic) bond motifs is 1. The third kappa shape index (κ3) is 2.37. The summed E-state index contributed by atoms with van der Waals surface area (Å²) >= 11 is 0. The number of aromatic carboxylic acids is 1. The Hall–Kier alpha value is -2.62. The van der Waals surface area contributed by atoms with Gasteiger partial charge in [-0.1, -0.05) is 18.2 Å². The lowest BCUT2D eigenvalue weighted by molar-refractivity contribution is 0.0697. The fraction of sp³-hybridized carbons (Fsp3) is 0.167. The van der Waals surface area contributed by atoms with Gasteiger partial charge in [0.2, 0.25) is 0 Å². The molecule has 2 aromatic rings. The standard InChI is InChI=1S/C18H15FO3/c1-22-16-7-3-6-15(19)17(16)13-5-2-4-11-8-9-12(18(20)21)10-14(11)13/h3,5-10H,2,4H2,1H3,(H,20,21). The summed E-state index contributed by atoms with van der Waals surface area (Å²) in [4.78, 5) is 11.2. The topological polar surface area (TPSA) is 46.5 Å². The third-order valence-corrected chi connectivity index (χ3v) is 3.87. The number of hydrogen-bond donors (Lipinski definition) is 1. The molecular formula is C18H15FO3. The van der Waals surface area contributed by atoms with Crippen molar-refractivity contribution in [2.24, 2.45) is 0 Å². The molecule has 0 radical (unpaired) electrons. The van der Waals surface area contributed by atoms with Crippen LogP contribution in [0.3, 0.4) is 0 Å². The lowest BCUT2D eigenvalue weighted by Crippen LogP contribution is -2.06. The highest BCUT2D eigenvalue weighted by atomic mass is 19.1. The van der Waals surface area contributed by atoms with Crippen molar-refractivity contribution in [2.45, 2.75) is 12.8 Å². The summed E-state index contributed by atoms with van der Waals surface area (Å²) in [5, 5.41) is 9.18. The average molecular weight is 298 g/mol. The van der Waals surface area contributed by atoms with Crippen molar-refractivity contribution in [3.63, 3.8) is 0 Å². The molecule has 0 fully saturated rings. The van der Waals surface area contributed by atoms with Crippen LogP contribution in [0.4, 0.5) is 4.39 Å². The molecule has 0 aliphatic heterocycles. The van der Waals surface area contributed by atoms with E-state index in [-0.39, 0.29) is 11.4 Å². The number of carboxylic acids is 1. The number of methoxy groups -OCH3 is 1. The Morgan fingerprint density at radius 3 is 2.82 bits per heavy atom. The monoisotopic (exact) mass is 298 g/mol. The van der Waals surface area contributed by atoms with Gasteiger partial charge in [-0.2, -0.15) is 0 Å². The second-order valence-corrected chi connectivity index (χ2v) is 5.15. The van der Waals surface area contributed by atoms with E-state index in [9.17, 15) is 14.3 Å². The molecule has 0 atom stereocenters. The number of rotatable bonds is 3. The van der Waals surface area contributed by atoms with Crippen LogP contribution in [0.2, 0.25) is 0 Å². The molecule has 0 amide bonds. The SMILES string of the molecule is COc1cccc(F)c1C1=CCCc2ccc(C(=O)O)cc21. The lowest BCUT2D eigenvalue weighted by Gasteiger charge is -2.20. The highest BCUT2D eigenvalue weighted by Crippen LogP contribution is 2.38. The average Bonchev–Trinajstić information content (AvgIpc) is 2.53. The van der Waals surface area contributed by atoms with E-state index in [4.69, 9.17) is 4.74 Å². The van der Waals surface area contributed by atoms with Crippen LogP contribution in [0, 0.1) is 5.82 Å². The Labute approximate surface area is 127 Å². The largest absolute Gasteiger partial charge is 0.496 e. The van der Waals surface area contributed by atoms with Crippen molar-refractivity contribution in [2.75, 3.05) is 7.11 Å². The second kappa shape index (κ2) is 5.64. The van der Waals surface area contributed by atoms with E-state index in [2.05, 4.69) is 0 Å². The predicted octanol–water partition coefficient (Wildman–Crippen LogP) is 3.91. The smallest absolute Gasteiger partial charge is 0.335 e. The molecular weight excluding hydrogens is 283 g/mol. The molecule has 3 rings (SSSR count). The van der Waals surface area contributed by atoms with Gasteiger partial charge in [-0.3, -0.25) is 0 Å². The zero-order valence-corrected chi connectivity index (χ0v) is 12.1. The highest BCUT2D eigenvalue weighted by Gasteiger charge is 2.21. The molecule has 0 heterocycles. The summed E-state index contributed by atoms with van der Waals surface area (Å²) < 4.78 is 19.6. The van der Waals surface area contributed by atoms with Crippen molar-refractivity contribution in [3.05, 3.63) is 70.5 Å². The zero-order chi connectivity index (χ0) is 15.7. The van der Waals surface area contributed by atoms with Crippen molar-refractivity contribution >= 4 is 11.5 Å². The van der Waals surface area contributed by atoms with E-state index in [1.54, 1.807) is 30.3 Å². The summed E-state index contributed by atoms with van der Waals surface area (Å²) in [6.45, 7) is 0. The maximum absolute atomic E-state index is 14.3. The number of carboxylic acid groups (broad SMARTS) is 1. The minimum Gasteiger partial charge on any atom is -0.496 e. The van der Waals surface area contributed by atoms with Crippen molar-refractivity contribution in [3.8, 4) is 5.75 Å². The molecule has 2 aromatic carbocycles. The second-order valence-electron chi connectivity index (χ2n) is 5.15. The Morgan fingerprint density at radius 2 is 2.09 bits per heavy atom. The van der Waals surface area contributed by atoms with Gasteiger partial charge in [0.1, 0.15) is 11.6 Å². The molecule has 1 N–H and O–H groups in total. The van der Waals surface area contributed by atoms with E-state index in [0.29, 0.717) is 16.9 Å². The summed E-state index contributed by atoms with van der Waals surface area (Å²) in [5.74, 6) is -0.924. The molecule has 1 aliphatic rings. The predicted molar refractivity (Wildman–Crippen MR) is 81.8 cm³/mol. The molecule has 0 bridgehead atoms. The normalized spacial score (nSPS) is 13.3. The molecule has 0 saturated carbocycles. The minimum absolute atomic E-state index is 0.196. The molecule has 4 heteroatoms. The van der Waals surface area contributed by atoms with Gasteiger partial charge in [0, 0.05) is 0 Å². The van der Waals surface area contributed by atoms with Crippen LogP contribution < -0.4 is 4.74 Å². The Bertz CT molecular complexity index is 778. The first-order valence-electron chi connectivity index (χ1n) is 7.01. The van der Waals surface area contributed by atoms with Gasteiger partial charge >= 0.3 is 5.97 Å². The quantitative estimate of drug-likeness (QED) is 0.934. The van der Waals surface area contributed by atoms with Gasteiger partial charge in [-0.15, -0.1) is 0 Å². The zero-order valence-electron chi connectivity index (χ0n) is 12.1. The maximum Gasteiger partial charge on any atom is 0.335 e. The molecule has 22 heavy (non-hydrogen) atoms. The van der Waals surface area contributed by atoms with Gasteiger partial charge < -0.3 is 9.84 Å². The summed E-state index contributed by atoms with van der Waals surface area (Å²) in [7, 11) is 1.50. The number of ether oxygens (including phenoxy) is 1. The third-order valence-electron chi connectivity index (χ3n) is 3.87. The van der Waals surface area contributed by atoms with E-state index >= 15 is 0 Å². The molecule has 1 aliphatic carbocycles. The Morgan fingerprint density at radius 1 is 1.27 bits per heavy atom. The van der Waals surface area contributed by atoms with Crippen molar-refractivity contribution < 1.29 is 19.0 Å². The fourth-order valence-corrected chi connectivity index (χ4v) is 2.83. The molecule has 0 saturated heterocycles. The summed E-state index contributed by atoms with van der Waals surface area (Å²) in [5.41, 5.74) is 3.05. The van der Waals surface area contributed by atoms with Crippen LogP contribution in [0.15, 0.2) is 42.5 Å². The van der Waals surface area contributed by atoms with Gasteiger partial charge in [0.15, 0.2) is 0 Å². The first-order valence-corrected chi connectivity index (χ1v) is 7.01.